The number of H-pyrrole nitrogens is 1. The van der Waals surface area contributed by atoms with Gasteiger partial charge in [0.15, 0.2) is 5.78 Å². The van der Waals surface area contributed by atoms with E-state index in [9.17, 15) is 9.59 Å². The molecule has 1 aromatic heterocycles. The molecule has 3 heteroatoms. The average Bonchev–Trinajstić information content (AvgIpc) is 2.40. The highest BCUT2D eigenvalue weighted by Crippen LogP contribution is 2.15. The van der Waals surface area contributed by atoms with Crippen molar-refractivity contribution in [3.63, 3.8) is 0 Å². The monoisotopic (exact) mass is 273 g/mol. The minimum absolute atomic E-state index is 0.0376. The lowest BCUT2D eigenvalue weighted by Crippen LogP contribution is -2.03. The fourth-order valence-corrected chi connectivity index (χ4v) is 1.75. The Morgan fingerprint density at radius 2 is 1.70 bits per heavy atom. The molecule has 0 spiro atoms. The summed E-state index contributed by atoms with van der Waals surface area (Å²) < 4.78 is 0. The van der Waals surface area contributed by atoms with Crippen molar-refractivity contribution in [1.29, 1.82) is 0 Å². The van der Waals surface area contributed by atoms with Crippen LogP contribution in [0.4, 0.5) is 0 Å². The Balaban J connectivity index is 0.000000200. The van der Waals surface area contributed by atoms with Gasteiger partial charge < -0.3 is 4.98 Å². The van der Waals surface area contributed by atoms with Gasteiger partial charge in [-0.05, 0) is 29.0 Å². The molecule has 1 aliphatic rings. The number of hydrogen-bond acceptors (Lipinski definition) is 2. The fourth-order valence-electron chi connectivity index (χ4n) is 1.75. The molecule has 2 rings (SSSR count). The van der Waals surface area contributed by atoms with Crippen molar-refractivity contribution in [2.45, 2.75) is 40.0 Å². The molecule has 1 N–H and O–H groups in total. The summed E-state index contributed by atoms with van der Waals surface area (Å²) in [5, 5.41) is 0. The summed E-state index contributed by atoms with van der Waals surface area (Å²) in [5.74, 6) is 1.24. The number of rotatable bonds is 2. The van der Waals surface area contributed by atoms with Gasteiger partial charge in [0.05, 0.1) is 0 Å². The Labute approximate surface area is 120 Å². The van der Waals surface area contributed by atoms with Crippen molar-refractivity contribution in [2.24, 2.45) is 5.92 Å². The maximum atomic E-state index is 10.7. The number of hydrogen-bond donors (Lipinski definition) is 1. The number of allylic oxidation sites excluding steroid dienone is 4. The van der Waals surface area contributed by atoms with Crippen molar-refractivity contribution in [3.8, 4) is 0 Å². The second-order valence-corrected chi connectivity index (χ2v) is 5.50. The minimum atomic E-state index is -0.0376. The highest BCUT2D eigenvalue weighted by atomic mass is 16.1. The first kappa shape index (κ1) is 16.2. The number of nitrogens with one attached hydrogen (secondary N) is 1. The third-order valence-electron chi connectivity index (χ3n) is 3.14. The molecule has 0 unspecified atom stereocenters. The molecule has 108 valence electrons. The molecular formula is C17H23NO2. The molecule has 0 aliphatic heterocycles. The topological polar surface area (TPSA) is 49.9 Å². The van der Waals surface area contributed by atoms with Crippen molar-refractivity contribution in [1.82, 2.24) is 4.98 Å². The molecule has 0 fully saturated rings. The van der Waals surface area contributed by atoms with Crippen molar-refractivity contribution >= 4 is 5.78 Å². The molecule has 1 aliphatic carbocycles. The van der Waals surface area contributed by atoms with E-state index in [0.717, 1.165) is 0 Å². The molecule has 1 aromatic rings. The van der Waals surface area contributed by atoms with Crippen LogP contribution in [-0.4, -0.2) is 10.8 Å². The summed E-state index contributed by atoms with van der Waals surface area (Å²) in [6, 6.07) is 3.40. The van der Waals surface area contributed by atoms with Crippen molar-refractivity contribution in [3.05, 3.63) is 58.0 Å². The highest BCUT2D eigenvalue weighted by molar-refractivity contribution is 5.92. The summed E-state index contributed by atoms with van der Waals surface area (Å²) in [6.07, 6.45) is 7.93. The Bertz CT molecular complexity index is 542. The first-order valence-corrected chi connectivity index (χ1v) is 6.99. The zero-order valence-electron chi connectivity index (χ0n) is 12.6. The van der Waals surface area contributed by atoms with Gasteiger partial charge in [0.1, 0.15) is 0 Å². The first-order valence-electron chi connectivity index (χ1n) is 6.99. The molecule has 0 amide bonds. The number of pyridine rings is 1. The molecule has 0 radical (unpaired) electrons. The summed E-state index contributed by atoms with van der Waals surface area (Å²) in [6.45, 7) is 8.44. The van der Waals surface area contributed by atoms with Gasteiger partial charge in [0.2, 0.25) is 5.56 Å². The third kappa shape index (κ3) is 5.39. The lowest BCUT2D eigenvalue weighted by molar-refractivity contribution is -0.113. The molecule has 0 saturated heterocycles. The second-order valence-electron chi connectivity index (χ2n) is 5.50. The summed E-state index contributed by atoms with van der Waals surface area (Å²) in [4.78, 5) is 23.9. The quantitative estimate of drug-likeness (QED) is 0.895. The van der Waals surface area contributed by atoms with Gasteiger partial charge in [-0.25, -0.2) is 0 Å². The lowest BCUT2D eigenvalue weighted by atomic mass is 9.97. The SMILES string of the molecule is CC(C)C1=CCC(=O)C=C1.CC(C)c1ccc(=O)[nH]c1. The average molecular weight is 273 g/mol. The van der Waals surface area contributed by atoms with Crippen LogP contribution in [0, 0.1) is 5.92 Å². The van der Waals surface area contributed by atoms with Crippen LogP contribution < -0.4 is 5.56 Å². The summed E-state index contributed by atoms with van der Waals surface area (Å²) in [5.41, 5.74) is 2.41. The van der Waals surface area contributed by atoms with Crippen LogP contribution in [0.5, 0.6) is 0 Å². The highest BCUT2D eigenvalue weighted by Gasteiger charge is 2.05. The van der Waals surface area contributed by atoms with Gasteiger partial charge in [-0.1, -0.05) is 45.9 Å². The van der Waals surface area contributed by atoms with Crippen LogP contribution in [0.2, 0.25) is 0 Å². The molecule has 0 bridgehead atoms. The van der Waals surface area contributed by atoms with E-state index < -0.39 is 0 Å². The van der Waals surface area contributed by atoms with E-state index in [1.165, 1.54) is 11.1 Å². The van der Waals surface area contributed by atoms with E-state index in [1.807, 2.05) is 18.2 Å². The number of carbonyl (C=O) groups excluding carboxylic acids is 1. The fraction of sp³-hybridized carbons (Fsp3) is 0.412. The predicted octanol–water partition coefficient (Wildman–Crippen LogP) is 3.60. The Kier molecular flexibility index (Phi) is 6.16. The normalized spacial score (nSPS) is 14.1. The van der Waals surface area contributed by atoms with Gasteiger partial charge in [0.25, 0.3) is 0 Å². The van der Waals surface area contributed by atoms with Crippen molar-refractivity contribution < 1.29 is 4.79 Å². The van der Waals surface area contributed by atoms with E-state index in [4.69, 9.17) is 0 Å². The predicted molar refractivity (Wildman–Crippen MR) is 82.8 cm³/mol. The first-order chi connectivity index (χ1) is 9.40. The van der Waals surface area contributed by atoms with Crippen LogP contribution in [0.15, 0.2) is 46.9 Å². The largest absolute Gasteiger partial charge is 0.329 e. The van der Waals surface area contributed by atoms with Gasteiger partial charge in [-0.15, -0.1) is 0 Å². The Morgan fingerprint density at radius 1 is 1.00 bits per heavy atom. The van der Waals surface area contributed by atoms with Gasteiger partial charge in [0, 0.05) is 18.7 Å². The van der Waals surface area contributed by atoms with E-state index >= 15 is 0 Å². The van der Waals surface area contributed by atoms with Crippen LogP contribution in [0.25, 0.3) is 0 Å². The number of ketones is 1. The molecular weight excluding hydrogens is 250 g/mol. The molecule has 0 saturated carbocycles. The minimum Gasteiger partial charge on any atom is -0.329 e. The third-order valence-corrected chi connectivity index (χ3v) is 3.14. The second kappa shape index (κ2) is 7.63. The van der Waals surface area contributed by atoms with Crippen LogP contribution in [0.1, 0.15) is 45.6 Å². The smallest absolute Gasteiger partial charge is 0.247 e. The number of carbonyl (C=O) groups is 1. The number of aromatic amines is 1. The Hall–Kier alpha value is -1.90. The molecule has 20 heavy (non-hydrogen) atoms. The standard InChI is InChI=1S/C9H12O.C8H11NO/c1-7(2)8-3-5-9(10)6-4-8;1-6(2)7-3-4-8(10)9-5-7/h3-5,7H,6H2,1-2H3;3-6H,1-2H3,(H,9,10). The molecule has 0 aromatic carbocycles. The molecule has 3 nitrogen and oxygen atoms in total. The number of aromatic nitrogens is 1. The zero-order valence-corrected chi connectivity index (χ0v) is 12.6. The van der Waals surface area contributed by atoms with Crippen molar-refractivity contribution in [2.75, 3.05) is 0 Å². The van der Waals surface area contributed by atoms with E-state index in [2.05, 4.69) is 32.7 Å². The van der Waals surface area contributed by atoms with E-state index in [1.54, 1.807) is 18.3 Å². The van der Waals surface area contributed by atoms with Gasteiger partial charge in [-0.3, -0.25) is 9.59 Å². The summed E-state index contributed by atoms with van der Waals surface area (Å²) in [7, 11) is 0. The maximum Gasteiger partial charge on any atom is 0.247 e. The van der Waals surface area contributed by atoms with Crippen LogP contribution in [-0.2, 0) is 4.79 Å². The van der Waals surface area contributed by atoms with Gasteiger partial charge in [-0.2, -0.15) is 0 Å². The Morgan fingerprint density at radius 3 is 2.10 bits per heavy atom. The maximum absolute atomic E-state index is 10.7. The van der Waals surface area contributed by atoms with E-state index in [0.29, 0.717) is 18.3 Å². The van der Waals surface area contributed by atoms with Crippen LogP contribution in [0.3, 0.4) is 0 Å². The zero-order chi connectivity index (χ0) is 15.1. The lowest BCUT2D eigenvalue weighted by Gasteiger charge is -2.08. The summed E-state index contributed by atoms with van der Waals surface area (Å²) >= 11 is 0. The molecule has 1 heterocycles. The van der Waals surface area contributed by atoms with E-state index in [-0.39, 0.29) is 11.3 Å². The van der Waals surface area contributed by atoms with Gasteiger partial charge >= 0.3 is 0 Å². The molecule has 0 atom stereocenters. The van der Waals surface area contributed by atoms with Crippen LogP contribution >= 0.6 is 0 Å².